The van der Waals surface area contributed by atoms with Crippen LogP contribution in [0.4, 0.5) is 20.7 Å². The molecular weight excluding hydrogens is 441 g/mol. The Balaban J connectivity index is 1.64. The van der Waals surface area contributed by atoms with Gasteiger partial charge in [-0.2, -0.15) is 11.8 Å². The number of benzene rings is 1. The molecule has 32 heavy (non-hydrogen) atoms. The number of thioether (sulfide) groups is 1. The second-order valence-electron chi connectivity index (χ2n) is 8.30. The van der Waals surface area contributed by atoms with Gasteiger partial charge in [-0.15, -0.1) is 0 Å². The lowest BCUT2D eigenvalue weighted by Crippen LogP contribution is -2.46. The number of carbonyl (C=O) groups excluding carboxylic acids is 1. The van der Waals surface area contributed by atoms with Gasteiger partial charge < -0.3 is 28.4 Å². The zero-order chi connectivity index (χ0) is 22.4. The molecule has 2 aromatic rings. The number of ether oxygens (including phenoxy) is 4. The van der Waals surface area contributed by atoms with E-state index in [0.717, 1.165) is 0 Å². The Kier molecular flexibility index (Phi) is 5.91. The van der Waals surface area contributed by atoms with Crippen LogP contribution in [0.15, 0.2) is 10.6 Å². The van der Waals surface area contributed by atoms with Crippen molar-refractivity contribution in [1.82, 2.24) is 5.16 Å². The summed E-state index contributed by atoms with van der Waals surface area (Å²) in [7, 11) is 0. The van der Waals surface area contributed by atoms with E-state index in [4.69, 9.17) is 23.5 Å². The van der Waals surface area contributed by atoms with E-state index in [1.165, 1.54) is 4.90 Å². The van der Waals surface area contributed by atoms with E-state index in [-0.39, 0.29) is 36.3 Å². The lowest BCUT2D eigenvalue weighted by Gasteiger charge is -2.38. The largest absolute Gasteiger partial charge is 0.447 e. The summed E-state index contributed by atoms with van der Waals surface area (Å²) in [5.41, 5.74) is 0.900. The van der Waals surface area contributed by atoms with E-state index in [1.807, 2.05) is 25.0 Å². The average molecular weight is 468 g/mol. The number of cyclic esters (lactones) is 1. The van der Waals surface area contributed by atoms with Crippen molar-refractivity contribution >= 4 is 40.3 Å². The average Bonchev–Trinajstić information content (AvgIpc) is 3.48. The second-order valence-corrected chi connectivity index (χ2v) is 9.21. The maximum Gasteiger partial charge on any atom is 0.416 e. The van der Waals surface area contributed by atoms with Gasteiger partial charge in [0.05, 0.1) is 42.5 Å². The summed E-state index contributed by atoms with van der Waals surface area (Å²) < 4.78 is 44.0. The highest BCUT2D eigenvalue weighted by Gasteiger charge is 2.39. The van der Waals surface area contributed by atoms with Crippen molar-refractivity contribution in [1.29, 1.82) is 0 Å². The zero-order valence-electron chi connectivity index (χ0n) is 18.2. The smallest absolute Gasteiger partial charge is 0.416 e. The first-order valence-electron chi connectivity index (χ1n) is 10.7. The first-order chi connectivity index (χ1) is 15.5. The van der Waals surface area contributed by atoms with Crippen LogP contribution in [-0.4, -0.2) is 74.4 Å². The van der Waals surface area contributed by atoms with Gasteiger partial charge in [0.2, 0.25) is 5.58 Å². The van der Waals surface area contributed by atoms with E-state index in [1.54, 1.807) is 17.8 Å². The number of rotatable bonds is 5. The molecule has 0 radical (unpaired) electrons. The van der Waals surface area contributed by atoms with Crippen molar-refractivity contribution < 1.29 is 32.7 Å². The SMILES string of the molecule is CSCC1COC(=O)N1c1noc2c(F)c(N3C[C@@H](C)O[C@H](C)C3)c(C3OCCO3)cc12. The molecule has 0 N–H and O–H groups in total. The lowest BCUT2D eigenvalue weighted by atomic mass is 10.0. The molecule has 3 atom stereocenters. The fourth-order valence-corrected chi connectivity index (χ4v) is 5.27. The summed E-state index contributed by atoms with van der Waals surface area (Å²) in [5, 5.41) is 4.47. The van der Waals surface area contributed by atoms with Gasteiger partial charge in [-0.05, 0) is 26.2 Å². The molecule has 0 bridgehead atoms. The van der Waals surface area contributed by atoms with Gasteiger partial charge in [-0.3, -0.25) is 4.90 Å². The minimum Gasteiger partial charge on any atom is -0.447 e. The summed E-state index contributed by atoms with van der Waals surface area (Å²) in [6, 6.07) is 1.55. The van der Waals surface area contributed by atoms with Gasteiger partial charge in [-0.1, -0.05) is 5.16 Å². The van der Waals surface area contributed by atoms with Crippen molar-refractivity contribution in [2.45, 2.75) is 38.4 Å². The third-order valence-electron chi connectivity index (χ3n) is 5.85. The Hall–Kier alpha value is -2.08. The Morgan fingerprint density at radius 1 is 1.22 bits per heavy atom. The molecule has 1 unspecified atom stereocenters. The van der Waals surface area contributed by atoms with E-state index in [0.29, 0.717) is 48.7 Å². The predicted molar refractivity (Wildman–Crippen MR) is 117 cm³/mol. The molecule has 0 spiro atoms. The number of amides is 1. The summed E-state index contributed by atoms with van der Waals surface area (Å²) in [4.78, 5) is 15.8. The number of fused-ring (bicyclic) bond motifs is 1. The lowest BCUT2D eigenvalue weighted by molar-refractivity contribution is -0.0445. The maximum absolute atomic E-state index is 16.0. The molecule has 4 heterocycles. The minimum absolute atomic E-state index is 0.00820. The highest BCUT2D eigenvalue weighted by atomic mass is 32.2. The monoisotopic (exact) mass is 467 g/mol. The molecule has 3 saturated heterocycles. The summed E-state index contributed by atoms with van der Waals surface area (Å²) >= 11 is 1.59. The molecule has 3 aliphatic heterocycles. The standard InChI is InChI=1S/C21H26FN3O6S/c1-11-7-24(8-12(2)30-11)17-14(20-27-4-5-28-20)6-15-18(16(17)22)31-23-19(15)25-13(10-32-3)9-29-21(25)26/h6,11-13,20H,4-5,7-10H2,1-3H3/t11-,12-,13?/m1/s1. The molecule has 174 valence electrons. The van der Waals surface area contributed by atoms with Crippen molar-refractivity contribution in [2.24, 2.45) is 0 Å². The molecule has 3 aliphatic rings. The van der Waals surface area contributed by atoms with Crippen LogP contribution >= 0.6 is 11.8 Å². The van der Waals surface area contributed by atoms with Crippen LogP contribution in [0, 0.1) is 5.82 Å². The number of hydrogen-bond acceptors (Lipinski definition) is 9. The predicted octanol–water partition coefficient (Wildman–Crippen LogP) is 3.31. The molecule has 1 aromatic heterocycles. The molecule has 3 fully saturated rings. The zero-order valence-corrected chi connectivity index (χ0v) is 19.0. The number of carbonyl (C=O) groups is 1. The Morgan fingerprint density at radius 3 is 2.62 bits per heavy atom. The fourth-order valence-electron chi connectivity index (χ4n) is 4.64. The molecule has 0 saturated carbocycles. The van der Waals surface area contributed by atoms with Crippen molar-refractivity contribution in [3.63, 3.8) is 0 Å². The van der Waals surface area contributed by atoms with E-state index in [2.05, 4.69) is 5.16 Å². The van der Waals surface area contributed by atoms with E-state index < -0.39 is 18.2 Å². The number of aromatic nitrogens is 1. The van der Waals surface area contributed by atoms with Crippen LogP contribution in [-0.2, 0) is 18.9 Å². The molecule has 1 aromatic carbocycles. The Bertz CT molecular complexity index is 1000. The molecule has 0 aliphatic carbocycles. The highest BCUT2D eigenvalue weighted by Crippen LogP contribution is 2.42. The van der Waals surface area contributed by atoms with E-state index in [9.17, 15) is 4.79 Å². The Labute approximate surface area is 189 Å². The van der Waals surface area contributed by atoms with Crippen LogP contribution in [0.3, 0.4) is 0 Å². The van der Waals surface area contributed by atoms with Crippen LogP contribution in [0.25, 0.3) is 11.0 Å². The van der Waals surface area contributed by atoms with Gasteiger partial charge in [0.25, 0.3) is 0 Å². The third-order valence-corrected chi connectivity index (χ3v) is 6.57. The quantitative estimate of drug-likeness (QED) is 0.657. The fraction of sp³-hybridized carbons (Fsp3) is 0.619. The van der Waals surface area contributed by atoms with Gasteiger partial charge in [0.15, 0.2) is 17.9 Å². The topological polar surface area (TPSA) is 86.5 Å². The van der Waals surface area contributed by atoms with Crippen LogP contribution < -0.4 is 9.80 Å². The summed E-state index contributed by atoms with van der Waals surface area (Å²) in [6.07, 6.45) is 0.584. The minimum atomic E-state index is -0.715. The first kappa shape index (κ1) is 21.7. The molecule has 5 rings (SSSR count). The van der Waals surface area contributed by atoms with Gasteiger partial charge in [0.1, 0.15) is 6.61 Å². The number of nitrogens with zero attached hydrogens (tertiary/aromatic N) is 3. The van der Waals surface area contributed by atoms with Crippen molar-refractivity contribution in [2.75, 3.05) is 54.7 Å². The molecule has 9 nitrogen and oxygen atoms in total. The van der Waals surface area contributed by atoms with Gasteiger partial charge >= 0.3 is 6.09 Å². The first-order valence-corrected chi connectivity index (χ1v) is 12.1. The molecule has 11 heteroatoms. The van der Waals surface area contributed by atoms with Crippen molar-refractivity contribution in [3.05, 3.63) is 17.4 Å². The van der Waals surface area contributed by atoms with Crippen LogP contribution in [0.2, 0.25) is 0 Å². The van der Waals surface area contributed by atoms with Crippen LogP contribution in [0.1, 0.15) is 25.7 Å². The molecular formula is C21H26FN3O6S. The maximum atomic E-state index is 16.0. The Morgan fingerprint density at radius 2 is 1.94 bits per heavy atom. The number of halogens is 1. The molecule has 1 amide bonds. The number of anilines is 2. The number of hydrogen-bond donors (Lipinski definition) is 0. The van der Waals surface area contributed by atoms with E-state index >= 15 is 4.39 Å². The highest BCUT2D eigenvalue weighted by molar-refractivity contribution is 7.98. The van der Waals surface area contributed by atoms with Crippen LogP contribution in [0.5, 0.6) is 0 Å². The normalized spacial score (nSPS) is 27.0. The second kappa shape index (κ2) is 8.69. The number of morpholine rings is 1. The van der Waals surface area contributed by atoms with Gasteiger partial charge in [-0.25, -0.2) is 9.18 Å². The van der Waals surface area contributed by atoms with Crippen molar-refractivity contribution in [3.8, 4) is 0 Å². The summed E-state index contributed by atoms with van der Waals surface area (Å²) in [5.74, 6) is 0.354. The third kappa shape index (κ3) is 3.70. The van der Waals surface area contributed by atoms with Gasteiger partial charge in [0, 0.05) is 24.4 Å². The summed E-state index contributed by atoms with van der Waals surface area (Å²) in [6.45, 7) is 6.04.